The topological polar surface area (TPSA) is 114 Å². The van der Waals surface area contributed by atoms with Gasteiger partial charge in [0, 0.05) is 29.7 Å². The van der Waals surface area contributed by atoms with E-state index in [1.165, 1.54) is 6.07 Å². The number of pyridine rings is 1. The molecule has 0 aliphatic heterocycles. The largest absolute Gasteiger partial charge is 0.491 e. The Balaban J connectivity index is 1.08. The predicted octanol–water partition coefficient (Wildman–Crippen LogP) is 5.33. The lowest BCUT2D eigenvalue weighted by Gasteiger charge is -2.32. The number of nitrogens with one attached hydrogen (secondary N) is 1. The minimum Gasteiger partial charge on any atom is -0.491 e. The number of rotatable bonds is 19. The van der Waals surface area contributed by atoms with Gasteiger partial charge in [-0.15, -0.1) is 0 Å². The third kappa shape index (κ3) is 10.8. The van der Waals surface area contributed by atoms with Gasteiger partial charge in [0.25, 0.3) is 0 Å². The number of ether oxygens (including phenoxy) is 5. The van der Waals surface area contributed by atoms with Crippen LogP contribution < -0.4 is 15.8 Å². The van der Waals surface area contributed by atoms with Crippen LogP contribution in [0.2, 0.25) is 0 Å². The molecule has 1 saturated carbocycles. The van der Waals surface area contributed by atoms with E-state index >= 15 is 0 Å². The number of carbonyl (C=O) groups excluding carboxylic acids is 1. The summed E-state index contributed by atoms with van der Waals surface area (Å²) in [5.74, 6) is 1.05. The molecule has 44 heavy (non-hydrogen) atoms. The number of halogens is 1. The SMILES string of the molecule is C[C@@H](C(=O)Nc1ccc(OCCOCCOCCOCCOCCN)cc1)C1CCC(c2ccnc3ccc(F)cc23)CC1. The van der Waals surface area contributed by atoms with Gasteiger partial charge >= 0.3 is 0 Å². The highest BCUT2D eigenvalue weighted by Crippen LogP contribution is 2.41. The Morgan fingerprint density at radius 2 is 1.48 bits per heavy atom. The Hall–Kier alpha value is -3.15. The van der Waals surface area contributed by atoms with Crippen LogP contribution in [0.15, 0.2) is 54.7 Å². The van der Waals surface area contributed by atoms with Crippen LogP contribution in [0.4, 0.5) is 10.1 Å². The number of amides is 1. The van der Waals surface area contributed by atoms with E-state index < -0.39 is 0 Å². The summed E-state index contributed by atoms with van der Waals surface area (Å²) in [4.78, 5) is 17.4. The molecule has 2 aromatic carbocycles. The van der Waals surface area contributed by atoms with Crippen LogP contribution in [0.3, 0.4) is 0 Å². The van der Waals surface area contributed by atoms with Crippen molar-refractivity contribution in [1.29, 1.82) is 0 Å². The number of benzene rings is 2. The van der Waals surface area contributed by atoms with Crippen LogP contribution in [-0.2, 0) is 23.7 Å². The molecular weight excluding hydrogens is 565 g/mol. The quantitative estimate of drug-likeness (QED) is 0.175. The first kappa shape index (κ1) is 33.7. The van der Waals surface area contributed by atoms with Crippen molar-refractivity contribution in [2.75, 3.05) is 71.3 Å². The molecule has 10 heteroatoms. The van der Waals surface area contributed by atoms with E-state index in [0.29, 0.717) is 83.6 Å². The fourth-order valence-corrected chi connectivity index (χ4v) is 5.59. The van der Waals surface area contributed by atoms with Gasteiger partial charge in [-0.05, 0) is 91.6 Å². The minimum absolute atomic E-state index is 0.0252. The van der Waals surface area contributed by atoms with Gasteiger partial charge < -0.3 is 34.7 Å². The average Bonchev–Trinajstić information content (AvgIpc) is 3.05. The lowest BCUT2D eigenvalue weighted by atomic mass is 9.73. The Kier molecular flexibility index (Phi) is 14.3. The van der Waals surface area contributed by atoms with E-state index in [2.05, 4.69) is 10.3 Å². The van der Waals surface area contributed by atoms with Crippen molar-refractivity contribution >= 4 is 22.5 Å². The molecule has 1 atom stereocenters. The van der Waals surface area contributed by atoms with Gasteiger partial charge in [0.15, 0.2) is 0 Å². The zero-order valence-corrected chi connectivity index (χ0v) is 25.7. The van der Waals surface area contributed by atoms with Gasteiger partial charge in [0.05, 0.1) is 58.4 Å². The second-order valence-electron chi connectivity index (χ2n) is 11.1. The summed E-state index contributed by atoms with van der Waals surface area (Å²) in [6, 6.07) is 14.2. The van der Waals surface area contributed by atoms with E-state index in [9.17, 15) is 9.18 Å². The van der Waals surface area contributed by atoms with E-state index in [4.69, 9.17) is 29.4 Å². The first-order chi connectivity index (χ1) is 21.5. The molecule has 1 fully saturated rings. The van der Waals surface area contributed by atoms with Crippen LogP contribution >= 0.6 is 0 Å². The van der Waals surface area contributed by atoms with Crippen molar-refractivity contribution in [2.24, 2.45) is 17.6 Å². The molecule has 0 radical (unpaired) electrons. The maximum atomic E-state index is 13.9. The minimum atomic E-state index is -0.240. The van der Waals surface area contributed by atoms with Gasteiger partial charge in [0.1, 0.15) is 18.2 Å². The van der Waals surface area contributed by atoms with Gasteiger partial charge in [-0.3, -0.25) is 9.78 Å². The molecule has 0 spiro atoms. The molecule has 0 saturated heterocycles. The number of aromatic nitrogens is 1. The average molecular weight is 612 g/mol. The molecular formula is C34H46FN3O6. The molecule has 0 unspecified atom stereocenters. The second kappa shape index (κ2) is 18.6. The Morgan fingerprint density at radius 3 is 2.11 bits per heavy atom. The van der Waals surface area contributed by atoms with E-state index in [1.54, 1.807) is 12.1 Å². The fourth-order valence-electron chi connectivity index (χ4n) is 5.59. The van der Waals surface area contributed by atoms with Crippen LogP contribution in [0, 0.1) is 17.7 Å². The number of hydrogen-bond donors (Lipinski definition) is 2. The van der Waals surface area contributed by atoms with Crippen molar-refractivity contribution in [3.05, 3.63) is 66.1 Å². The summed E-state index contributed by atoms with van der Waals surface area (Å²) in [6.07, 6.45) is 5.67. The lowest BCUT2D eigenvalue weighted by molar-refractivity contribution is -0.121. The molecule has 9 nitrogen and oxygen atoms in total. The highest BCUT2D eigenvalue weighted by Gasteiger charge is 2.30. The normalized spacial score (nSPS) is 17.4. The molecule has 240 valence electrons. The van der Waals surface area contributed by atoms with Crippen molar-refractivity contribution in [2.45, 2.75) is 38.5 Å². The highest BCUT2D eigenvalue weighted by atomic mass is 19.1. The Bertz CT molecular complexity index is 1270. The van der Waals surface area contributed by atoms with Crippen LogP contribution in [0.1, 0.15) is 44.1 Å². The smallest absolute Gasteiger partial charge is 0.227 e. The van der Waals surface area contributed by atoms with Crippen molar-refractivity contribution in [3.8, 4) is 5.75 Å². The molecule has 3 N–H and O–H groups in total. The maximum absolute atomic E-state index is 13.9. The van der Waals surface area contributed by atoms with Gasteiger partial charge in [0.2, 0.25) is 5.91 Å². The molecule has 0 bridgehead atoms. The summed E-state index contributed by atoms with van der Waals surface area (Å²) >= 11 is 0. The second-order valence-corrected chi connectivity index (χ2v) is 11.1. The van der Waals surface area contributed by atoms with Gasteiger partial charge in [-0.25, -0.2) is 4.39 Å². The third-order valence-electron chi connectivity index (χ3n) is 8.07. The summed E-state index contributed by atoms with van der Waals surface area (Å²) in [5, 5.41) is 3.95. The standard InChI is InChI=1S/C34H46FN3O6/c1-25(26-2-4-27(5-3-26)31-12-14-37-33-11-6-28(35)24-32(31)33)34(39)38-29-7-9-30(10-8-29)44-23-22-43-21-20-42-19-18-41-17-16-40-15-13-36/h6-12,14,24-27H,2-5,13,15-23,36H2,1H3,(H,38,39)/t25-,26?,27?/m1/s1. The highest BCUT2D eigenvalue weighted by molar-refractivity contribution is 5.92. The number of fused-ring (bicyclic) bond motifs is 1. The van der Waals surface area contributed by atoms with Gasteiger partial charge in [-0.1, -0.05) is 6.92 Å². The number of nitrogens with zero attached hydrogens (tertiary/aromatic N) is 1. The number of anilines is 1. The first-order valence-corrected chi connectivity index (χ1v) is 15.6. The molecule has 1 aliphatic rings. The third-order valence-corrected chi connectivity index (χ3v) is 8.07. The van der Waals surface area contributed by atoms with Crippen molar-refractivity contribution in [1.82, 2.24) is 4.98 Å². The summed E-state index contributed by atoms with van der Waals surface area (Å²) in [7, 11) is 0. The van der Waals surface area contributed by atoms with E-state index in [1.807, 2.05) is 43.5 Å². The first-order valence-electron chi connectivity index (χ1n) is 15.6. The number of carbonyl (C=O) groups is 1. The molecule has 1 aromatic heterocycles. The van der Waals surface area contributed by atoms with Crippen LogP contribution in [0.25, 0.3) is 10.9 Å². The van der Waals surface area contributed by atoms with Gasteiger partial charge in [-0.2, -0.15) is 0 Å². The monoisotopic (exact) mass is 611 g/mol. The van der Waals surface area contributed by atoms with Crippen LogP contribution in [-0.4, -0.2) is 76.9 Å². The molecule has 1 aliphatic carbocycles. The van der Waals surface area contributed by atoms with Crippen molar-refractivity contribution in [3.63, 3.8) is 0 Å². The van der Waals surface area contributed by atoms with E-state index in [0.717, 1.165) is 47.8 Å². The summed E-state index contributed by atoms with van der Waals surface area (Å²) < 4.78 is 41.3. The summed E-state index contributed by atoms with van der Waals surface area (Å²) in [6.45, 7) is 7.00. The molecule has 3 aromatic rings. The molecule has 4 rings (SSSR count). The van der Waals surface area contributed by atoms with Crippen molar-refractivity contribution < 1.29 is 32.9 Å². The Labute approximate surface area is 259 Å². The maximum Gasteiger partial charge on any atom is 0.227 e. The number of hydrogen-bond acceptors (Lipinski definition) is 8. The Morgan fingerprint density at radius 1 is 0.864 bits per heavy atom. The number of nitrogens with two attached hydrogens (primary N) is 1. The van der Waals surface area contributed by atoms with Crippen LogP contribution in [0.5, 0.6) is 5.75 Å². The molecule has 1 amide bonds. The molecule has 1 heterocycles. The zero-order valence-electron chi connectivity index (χ0n) is 25.7. The lowest BCUT2D eigenvalue weighted by Crippen LogP contribution is -2.29. The predicted molar refractivity (Wildman–Crippen MR) is 168 cm³/mol. The fraction of sp³-hybridized carbons (Fsp3) is 0.529. The summed E-state index contributed by atoms with van der Waals surface area (Å²) in [5.41, 5.74) is 8.07. The zero-order chi connectivity index (χ0) is 31.0. The van der Waals surface area contributed by atoms with E-state index in [-0.39, 0.29) is 17.6 Å².